The Hall–Kier alpha value is -1.09. The van der Waals surface area contributed by atoms with Crippen LogP contribution in [-0.4, -0.2) is 4.98 Å². The van der Waals surface area contributed by atoms with E-state index in [1.165, 1.54) is 12.7 Å². The molecule has 12 heavy (non-hydrogen) atoms. The van der Waals surface area contributed by atoms with Crippen molar-refractivity contribution >= 4 is 15.9 Å². The van der Waals surface area contributed by atoms with Gasteiger partial charge < -0.3 is 4.42 Å². The van der Waals surface area contributed by atoms with Gasteiger partial charge in [-0.3, -0.25) is 0 Å². The predicted octanol–water partition coefficient (Wildman–Crippen LogP) is 3.12. The average molecular weight is 226 g/mol. The fourth-order valence-electron chi connectivity index (χ4n) is 0.590. The maximum Gasteiger partial charge on any atom is 0.180 e. The van der Waals surface area contributed by atoms with Crippen molar-refractivity contribution in [2.75, 3.05) is 0 Å². The topological polar surface area (TPSA) is 26.0 Å². The second kappa shape index (κ2) is 5.55. The molecule has 0 N–H and O–H groups in total. The lowest BCUT2D eigenvalue weighted by molar-refractivity contribution is 0.558. The van der Waals surface area contributed by atoms with Crippen LogP contribution < -0.4 is 0 Å². The molecule has 1 aromatic heterocycles. The van der Waals surface area contributed by atoms with Crippen LogP contribution >= 0.6 is 15.9 Å². The van der Waals surface area contributed by atoms with E-state index in [0.29, 0.717) is 0 Å². The molecule has 3 heteroatoms. The summed E-state index contributed by atoms with van der Waals surface area (Å²) < 4.78 is 5.61. The smallest absolute Gasteiger partial charge is 0.180 e. The first kappa shape index (κ1) is 9.00. The summed E-state index contributed by atoms with van der Waals surface area (Å²) in [7, 11) is 0. The molecule has 0 spiro atoms. The van der Waals surface area contributed by atoms with Gasteiger partial charge in [0.2, 0.25) is 0 Å². The molecule has 62 valence electrons. The average Bonchev–Trinajstić information content (AvgIpc) is 2.62. The molecule has 1 aromatic carbocycles. The summed E-state index contributed by atoms with van der Waals surface area (Å²) in [5.74, 6) is 0. The number of hydrogen-bond donors (Lipinski definition) is 0. The van der Waals surface area contributed by atoms with Crippen LogP contribution in [0.1, 0.15) is 0 Å². The van der Waals surface area contributed by atoms with Crippen LogP contribution in [0.5, 0.6) is 0 Å². The van der Waals surface area contributed by atoms with Crippen molar-refractivity contribution < 1.29 is 4.42 Å². The van der Waals surface area contributed by atoms with Crippen molar-refractivity contribution in [3.63, 3.8) is 0 Å². The lowest BCUT2D eigenvalue weighted by atomic mass is 10.4. The van der Waals surface area contributed by atoms with E-state index in [4.69, 9.17) is 0 Å². The van der Waals surface area contributed by atoms with Crippen LogP contribution in [0.2, 0.25) is 0 Å². The SMILES string of the molecule is Brc1ccccc1.c1cocn1. The zero-order valence-electron chi connectivity index (χ0n) is 6.35. The van der Waals surface area contributed by atoms with Crippen molar-refractivity contribution in [3.05, 3.63) is 53.7 Å². The Morgan fingerprint density at radius 2 is 1.92 bits per heavy atom. The second-order valence-corrected chi connectivity index (χ2v) is 2.89. The molecule has 2 rings (SSSR count). The first-order valence-electron chi connectivity index (χ1n) is 3.42. The third kappa shape index (κ3) is 3.93. The van der Waals surface area contributed by atoms with E-state index in [1.54, 1.807) is 6.20 Å². The lowest BCUT2D eigenvalue weighted by Crippen LogP contribution is -1.55. The van der Waals surface area contributed by atoms with E-state index >= 15 is 0 Å². The Morgan fingerprint density at radius 1 is 1.17 bits per heavy atom. The Morgan fingerprint density at radius 3 is 2.17 bits per heavy atom. The lowest BCUT2D eigenvalue weighted by Gasteiger charge is -1.80. The third-order valence-corrected chi connectivity index (χ3v) is 1.61. The van der Waals surface area contributed by atoms with Crippen molar-refractivity contribution in [3.8, 4) is 0 Å². The summed E-state index contributed by atoms with van der Waals surface area (Å²) >= 11 is 3.31. The molecule has 0 amide bonds. The van der Waals surface area contributed by atoms with E-state index < -0.39 is 0 Å². The van der Waals surface area contributed by atoms with Crippen LogP contribution in [0.4, 0.5) is 0 Å². The van der Waals surface area contributed by atoms with Crippen LogP contribution in [0.15, 0.2) is 58.1 Å². The van der Waals surface area contributed by atoms with Gasteiger partial charge in [-0.15, -0.1) is 0 Å². The highest BCUT2D eigenvalue weighted by Gasteiger charge is 1.74. The molecule has 0 saturated carbocycles. The molecule has 0 radical (unpaired) electrons. The van der Waals surface area contributed by atoms with Gasteiger partial charge in [-0.1, -0.05) is 34.1 Å². The fourth-order valence-corrected chi connectivity index (χ4v) is 0.896. The minimum atomic E-state index is 1.13. The normalized spacial score (nSPS) is 8.42. The first-order chi connectivity index (χ1) is 5.89. The molecule has 0 bridgehead atoms. The van der Waals surface area contributed by atoms with Crippen LogP contribution in [0.25, 0.3) is 0 Å². The summed E-state index contributed by atoms with van der Waals surface area (Å²) in [4.78, 5) is 3.56. The van der Waals surface area contributed by atoms with Crippen LogP contribution in [-0.2, 0) is 0 Å². The largest absolute Gasteiger partial charge is 0.452 e. The van der Waals surface area contributed by atoms with Gasteiger partial charge in [0, 0.05) is 4.47 Å². The van der Waals surface area contributed by atoms with Gasteiger partial charge >= 0.3 is 0 Å². The fraction of sp³-hybridized carbons (Fsp3) is 0. The quantitative estimate of drug-likeness (QED) is 0.689. The molecule has 0 unspecified atom stereocenters. The molecule has 2 nitrogen and oxygen atoms in total. The van der Waals surface area contributed by atoms with Crippen molar-refractivity contribution in [1.29, 1.82) is 0 Å². The minimum Gasteiger partial charge on any atom is -0.452 e. The molecule has 0 fully saturated rings. The van der Waals surface area contributed by atoms with E-state index in [-0.39, 0.29) is 0 Å². The van der Waals surface area contributed by atoms with Gasteiger partial charge in [-0.2, -0.15) is 0 Å². The van der Waals surface area contributed by atoms with E-state index in [9.17, 15) is 0 Å². The summed E-state index contributed by atoms with van der Waals surface area (Å²) in [6, 6.07) is 9.97. The Bertz CT molecular complexity index is 263. The van der Waals surface area contributed by atoms with Gasteiger partial charge in [0.15, 0.2) is 6.39 Å². The Labute approximate surface area is 79.4 Å². The van der Waals surface area contributed by atoms with E-state index in [0.717, 1.165) is 4.47 Å². The zero-order chi connectivity index (χ0) is 8.65. The van der Waals surface area contributed by atoms with Gasteiger partial charge in [-0.25, -0.2) is 4.98 Å². The second-order valence-electron chi connectivity index (χ2n) is 1.97. The summed E-state index contributed by atoms with van der Waals surface area (Å²) in [6.45, 7) is 0. The van der Waals surface area contributed by atoms with E-state index in [2.05, 4.69) is 25.3 Å². The molecule has 0 atom stereocenters. The highest BCUT2D eigenvalue weighted by atomic mass is 79.9. The molecule has 0 saturated heterocycles. The Kier molecular flexibility index (Phi) is 4.16. The standard InChI is InChI=1S/C6H5Br.C3H3NO/c7-6-4-2-1-3-5-6;1-2-5-3-4-1/h1-5H;1-3H. The van der Waals surface area contributed by atoms with Crippen molar-refractivity contribution in [2.45, 2.75) is 0 Å². The number of nitrogens with zero attached hydrogens (tertiary/aromatic N) is 1. The molecule has 0 aliphatic rings. The van der Waals surface area contributed by atoms with Crippen molar-refractivity contribution in [1.82, 2.24) is 4.98 Å². The number of rotatable bonds is 0. The molecule has 0 aliphatic carbocycles. The third-order valence-electron chi connectivity index (χ3n) is 1.08. The monoisotopic (exact) mass is 225 g/mol. The molecular weight excluding hydrogens is 218 g/mol. The summed E-state index contributed by atoms with van der Waals surface area (Å²) in [6.07, 6.45) is 4.47. The zero-order valence-corrected chi connectivity index (χ0v) is 7.94. The first-order valence-corrected chi connectivity index (χ1v) is 4.21. The highest BCUT2D eigenvalue weighted by Crippen LogP contribution is 2.05. The van der Waals surface area contributed by atoms with E-state index in [1.807, 2.05) is 30.3 Å². The molecule has 0 aliphatic heterocycles. The van der Waals surface area contributed by atoms with Gasteiger partial charge in [0.05, 0.1) is 6.20 Å². The number of aromatic nitrogens is 1. The highest BCUT2D eigenvalue weighted by molar-refractivity contribution is 9.10. The number of hydrogen-bond acceptors (Lipinski definition) is 2. The number of oxazole rings is 1. The van der Waals surface area contributed by atoms with Crippen LogP contribution in [0, 0.1) is 0 Å². The Balaban J connectivity index is 0.000000127. The molecular formula is C9H8BrNO. The molecule has 1 heterocycles. The summed E-state index contributed by atoms with van der Waals surface area (Å²) in [5, 5.41) is 0. The maximum absolute atomic E-state index is 4.47. The number of benzene rings is 1. The predicted molar refractivity (Wildman–Crippen MR) is 50.6 cm³/mol. The van der Waals surface area contributed by atoms with Gasteiger partial charge in [-0.05, 0) is 12.1 Å². The maximum atomic E-state index is 4.47. The van der Waals surface area contributed by atoms with Gasteiger partial charge in [0.25, 0.3) is 0 Å². The minimum absolute atomic E-state index is 1.13. The molecule has 2 aromatic rings. The van der Waals surface area contributed by atoms with Crippen LogP contribution in [0.3, 0.4) is 0 Å². The summed E-state index contributed by atoms with van der Waals surface area (Å²) in [5.41, 5.74) is 0. The van der Waals surface area contributed by atoms with Gasteiger partial charge in [0.1, 0.15) is 6.26 Å². The van der Waals surface area contributed by atoms with Crippen molar-refractivity contribution in [2.24, 2.45) is 0 Å². The number of halogens is 1.